The molecule has 3 aromatic rings. The molecule has 0 aliphatic rings. The van der Waals surface area contributed by atoms with E-state index in [1.807, 2.05) is 19.1 Å². The molecule has 0 atom stereocenters. The summed E-state index contributed by atoms with van der Waals surface area (Å²) < 4.78 is 10.5. The Bertz CT molecular complexity index is 866. The molecule has 2 aromatic heterocycles. The summed E-state index contributed by atoms with van der Waals surface area (Å²) in [7, 11) is 1.34. The zero-order valence-corrected chi connectivity index (χ0v) is 13.3. The van der Waals surface area contributed by atoms with Crippen molar-refractivity contribution in [3.05, 3.63) is 66.1 Å². The average Bonchev–Trinajstić information content (AvgIpc) is 2.64. The molecule has 0 aliphatic carbocycles. The van der Waals surface area contributed by atoms with Crippen molar-refractivity contribution in [3.63, 3.8) is 0 Å². The van der Waals surface area contributed by atoms with E-state index in [-0.39, 0.29) is 6.01 Å². The van der Waals surface area contributed by atoms with Crippen LogP contribution in [0.25, 0.3) is 11.3 Å². The number of benzene rings is 1. The van der Waals surface area contributed by atoms with Gasteiger partial charge in [0.25, 0.3) is 0 Å². The first kappa shape index (κ1) is 15.6. The van der Waals surface area contributed by atoms with Crippen molar-refractivity contribution in [3.8, 4) is 23.0 Å². The monoisotopic (exact) mass is 321 g/mol. The Balaban J connectivity index is 1.90. The van der Waals surface area contributed by atoms with E-state index in [0.717, 1.165) is 11.1 Å². The number of ether oxygens (including phenoxy) is 2. The summed E-state index contributed by atoms with van der Waals surface area (Å²) >= 11 is 0. The van der Waals surface area contributed by atoms with Crippen LogP contribution in [0.2, 0.25) is 0 Å². The van der Waals surface area contributed by atoms with Crippen molar-refractivity contribution in [2.75, 3.05) is 7.11 Å². The summed E-state index contributed by atoms with van der Waals surface area (Å²) in [5.41, 5.74) is 2.83. The van der Waals surface area contributed by atoms with E-state index in [1.54, 1.807) is 42.9 Å². The Labute approximate surface area is 139 Å². The van der Waals surface area contributed by atoms with E-state index in [0.29, 0.717) is 17.0 Å². The van der Waals surface area contributed by atoms with Crippen LogP contribution in [0.1, 0.15) is 15.9 Å². The van der Waals surface area contributed by atoms with Crippen molar-refractivity contribution >= 4 is 5.97 Å². The van der Waals surface area contributed by atoms with Crippen LogP contribution < -0.4 is 4.74 Å². The SMILES string of the molecule is COC(=O)c1ccc(C)c(Oc2nccc(-c3cccnc3)n2)c1. The zero-order chi connectivity index (χ0) is 16.9. The molecule has 0 radical (unpaired) electrons. The summed E-state index contributed by atoms with van der Waals surface area (Å²) in [6, 6.07) is 10.8. The molecular weight excluding hydrogens is 306 g/mol. The normalized spacial score (nSPS) is 10.2. The largest absolute Gasteiger partial charge is 0.465 e. The Morgan fingerprint density at radius 1 is 1.12 bits per heavy atom. The molecule has 0 N–H and O–H groups in total. The zero-order valence-electron chi connectivity index (χ0n) is 13.3. The van der Waals surface area contributed by atoms with Crippen LogP contribution in [0, 0.1) is 6.92 Å². The predicted octanol–water partition coefficient (Wildman–Crippen LogP) is 3.43. The molecule has 3 rings (SSSR count). The number of esters is 1. The standard InChI is InChI=1S/C18H15N3O3/c1-12-5-6-13(17(22)23-2)10-16(12)24-18-20-9-7-15(21-18)14-4-3-8-19-11-14/h3-11H,1-2H3. The molecule has 0 saturated carbocycles. The van der Waals surface area contributed by atoms with Crippen LogP contribution in [-0.4, -0.2) is 28.0 Å². The van der Waals surface area contributed by atoms with Crippen molar-refractivity contribution in [1.29, 1.82) is 0 Å². The average molecular weight is 321 g/mol. The van der Waals surface area contributed by atoms with Gasteiger partial charge in [-0.3, -0.25) is 4.98 Å². The number of carbonyl (C=O) groups excluding carboxylic acids is 1. The maximum Gasteiger partial charge on any atom is 0.337 e. The number of aromatic nitrogens is 3. The first-order valence-electron chi connectivity index (χ1n) is 7.27. The van der Waals surface area contributed by atoms with Gasteiger partial charge < -0.3 is 9.47 Å². The number of rotatable bonds is 4. The molecule has 24 heavy (non-hydrogen) atoms. The van der Waals surface area contributed by atoms with Gasteiger partial charge in [-0.15, -0.1) is 0 Å². The minimum absolute atomic E-state index is 0.196. The molecule has 0 unspecified atom stereocenters. The molecule has 0 fully saturated rings. The van der Waals surface area contributed by atoms with E-state index in [9.17, 15) is 4.79 Å². The lowest BCUT2D eigenvalue weighted by molar-refractivity contribution is 0.0600. The molecule has 0 aliphatic heterocycles. The molecule has 0 spiro atoms. The Morgan fingerprint density at radius 2 is 2.00 bits per heavy atom. The number of methoxy groups -OCH3 is 1. The van der Waals surface area contributed by atoms with Gasteiger partial charge in [-0.05, 0) is 42.8 Å². The van der Waals surface area contributed by atoms with Crippen molar-refractivity contribution in [2.24, 2.45) is 0 Å². The van der Waals surface area contributed by atoms with Crippen LogP contribution in [0.5, 0.6) is 11.8 Å². The highest BCUT2D eigenvalue weighted by Gasteiger charge is 2.11. The third kappa shape index (κ3) is 3.38. The highest BCUT2D eigenvalue weighted by Crippen LogP contribution is 2.25. The van der Waals surface area contributed by atoms with Gasteiger partial charge in [-0.1, -0.05) is 6.07 Å². The van der Waals surface area contributed by atoms with Gasteiger partial charge >= 0.3 is 12.0 Å². The Hall–Kier alpha value is -3.28. The molecule has 0 bridgehead atoms. The topological polar surface area (TPSA) is 74.2 Å². The number of pyridine rings is 1. The summed E-state index contributed by atoms with van der Waals surface area (Å²) in [4.78, 5) is 24.2. The van der Waals surface area contributed by atoms with Crippen molar-refractivity contribution in [2.45, 2.75) is 6.92 Å². The summed E-state index contributed by atoms with van der Waals surface area (Å²) in [6.45, 7) is 1.88. The fourth-order valence-corrected chi connectivity index (χ4v) is 2.12. The van der Waals surface area contributed by atoms with Gasteiger partial charge in [0, 0.05) is 24.2 Å². The number of nitrogens with zero attached hydrogens (tertiary/aromatic N) is 3. The van der Waals surface area contributed by atoms with E-state index >= 15 is 0 Å². The smallest absolute Gasteiger partial charge is 0.337 e. The lowest BCUT2D eigenvalue weighted by atomic mass is 10.1. The minimum Gasteiger partial charge on any atom is -0.465 e. The first-order valence-corrected chi connectivity index (χ1v) is 7.27. The second-order valence-electron chi connectivity index (χ2n) is 5.04. The number of hydrogen-bond donors (Lipinski definition) is 0. The van der Waals surface area contributed by atoms with E-state index in [4.69, 9.17) is 9.47 Å². The molecule has 120 valence electrons. The van der Waals surface area contributed by atoms with Gasteiger partial charge in [0.15, 0.2) is 0 Å². The second-order valence-corrected chi connectivity index (χ2v) is 5.04. The van der Waals surface area contributed by atoms with Crippen LogP contribution >= 0.6 is 0 Å². The van der Waals surface area contributed by atoms with Gasteiger partial charge in [0.2, 0.25) is 0 Å². The Morgan fingerprint density at radius 3 is 2.75 bits per heavy atom. The third-order valence-corrected chi connectivity index (χ3v) is 3.40. The number of aryl methyl sites for hydroxylation is 1. The second kappa shape index (κ2) is 6.87. The Kier molecular flexibility index (Phi) is 4.47. The van der Waals surface area contributed by atoms with Gasteiger partial charge in [-0.25, -0.2) is 9.78 Å². The highest BCUT2D eigenvalue weighted by atomic mass is 16.5. The molecule has 0 amide bonds. The van der Waals surface area contributed by atoms with Crippen LogP contribution in [-0.2, 0) is 4.74 Å². The van der Waals surface area contributed by atoms with E-state index in [1.165, 1.54) is 7.11 Å². The molecule has 6 nitrogen and oxygen atoms in total. The fraction of sp³-hybridized carbons (Fsp3) is 0.111. The van der Waals surface area contributed by atoms with Gasteiger partial charge in [-0.2, -0.15) is 4.98 Å². The quantitative estimate of drug-likeness (QED) is 0.685. The van der Waals surface area contributed by atoms with E-state index in [2.05, 4.69) is 15.0 Å². The number of hydrogen-bond acceptors (Lipinski definition) is 6. The third-order valence-electron chi connectivity index (χ3n) is 3.40. The van der Waals surface area contributed by atoms with Crippen LogP contribution in [0.15, 0.2) is 55.0 Å². The lowest BCUT2D eigenvalue weighted by Crippen LogP contribution is -2.02. The molecule has 0 saturated heterocycles. The van der Waals surface area contributed by atoms with Crippen LogP contribution in [0.3, 0.4) is 0 Å². The minimum atomic E-state index is -0.426. The predicted molar refractivity (Wildman–Crippen MR) is 87.9 cm³/mol. The molecule has 1 aromatic carbocycles. The molecular formula is C18H15N3O3. The maximum absolute atomic E-state index is 11.7. The first-order chi connectivity index (χ1) is 11.7. The molecule has 6 heteroatoms. The number of carbonyl (C=O) groups is 1. The van der Waals surface area contributed by atoms with Crippen LogP contribution in [0.4, 0.5) is 0 Å². The summed E-state index contributed by atoms with van der Waals surface area (Å²) in [6.07, 6.45) is 5.03. The summed E-state index contributed by atoms with van der Waals surface area (Å²) in [5.74, 6) is 0.0751. The highest BCUT2D eigenvalue weighted by molar-refractivity contribution is 5.89. The van der Waals surface area contributed by atoms with Crippen molar-refractivity contribution < 1.29 is 14.3 Å². The summed E-state index contributed by atoms with van der Waals surface area (Å²) in [5, 5.41) is 0. The van der Waals surface area contributed by atoms with E-state index < -0.39 is 5.97 Å². The van der Waals surface area contributed by atoms with Gasteiger partial charge in [0.1, 0.15) is 5.75 Å². The van der Waals surface area contributed by atoms with Crippen molar-refractivity contribution in [1.82, 2.24) is 15.0 Å². The van der Waals surface area contributed by atoms with Gasteiger partial charge in [0.05, 0.1) is 18.4 Å². The fourth-order valence-electron chi connectivity index (χ4n) is 2.12. The lowest BCUT2D eigenvalue weighted by Gasteiger charge is -2.09. The molecule has 2 heterocycles. The maximum atomic E-state index is 11.7.